The molecule has 0 radical (unpaired) electrons. The van der Waals surface area contributed by atoms with Crippen molar-refractivity contribution in [2.75, 3.05) is 12.8 Å². The molecule has 2 aromatic rings. The van der Waals surface area contributed by atoms with Gasteiger partial charge >= 0.3 is 0 Å². The zero-order valence-corrected chi connectivity index (χ0v) is 14.5. The lowest BCUT2D eigenvalue weighted by Gasteiger charge is -2.28. The summed E-state index contributed by atoms with van der Waals surface area (Å²) in [4.78, 5) is 1.27. The van der Waals surface area contributed by atoms with Gasteiger partial charge in [-0.15, -0.1) is 11.8 Å². The Morgan fingerprint density at radius 1 is 1.09 bits per heavy atom. The molecule has 0 saturated carbocycles. The number of ether oxygens (including phenoxy) is 1. The van der Waals surface area contributed by atoms with Crippen molar-refractivity contribution >= 4 is 11.8 Å². The lowest BCUT2D eigenvalue weighted by molar-refractivity contribution is 0.169. The van der Waals surface area contributed by atoms with Crippen LogP contribution in [0.2, 0.25) is 0 Å². The van der Waals surface area contributed by atoms with Crippen molar-refractivity contribution in [3.63, 3.8) is 0 Å². The van der Waals surface area contributed by atoms with Gasteiger partial charge in [-0.1, -0.05) is 36.8 Å². The fourth-order valence-electron chi connectivity index (χ4n) is 3.12. The summed E-state index contributed by atoms with van der Waals surface area (Å²) in [6.07, 6.45) is 7.08. The predicted molar refractivity (Wildman–Crippen MR) is 98.3 cm³/mol. The smallest absolute Gasteiger partial charge is 0.125 e. The molecule has 3 heteroatoms. The summed E-state index contributed by atoms with van der Waals surface area (Å²) < 4.78 is 6.35. The van der Waals surface area contributed by atoms with Gasteiger partial charge in [0.1, 0.15) is 11.9 Å². The molecule has 1 aliphatic rings. The van der Waals surface area contributed by atoms with Crippen LogP contribution >= 0.6 is 11.8 Å². The number of hydrogen-bond acceptors (Lipinski definition) is 3. The molecule has 122 valence electrons. The van der Waals surface area contributed by atoms with Crippen molar-refractivity contribution in [3.05, 3.63) is 60.2 Å². The summed E-state index contributed by atoms with van der Waals surface area (Å²) in [6.45, 7) is 1.13. The van der Waals surface area contributed by atoms with Gasteiger partial charge in [-0.2, -0.15) is 0 Å². The van der Waals surface area contributed by atoms with E-state index in [4.69, 9.17) is 4.74 Å². The number of benzene rings is 2. The Morgan fingerprint density at radius 2 is 1.87 bits per heavy atom. The van der Waals surface area contributed by atoms with Gasteiger partial charge in [-0.3, -0.25) is 0 Å². The summed E-state index contributed by atoms with van der Waals surface area (Å²) in [5, 5.41) is 3.64. The standard InChI is InChI=1S/C20H25NOS/c1-23-19-12-10-18(11-13-19)22-20(16-7-3-2-4-8-16)15-17-9-5-6-14-21-17/h2-4,7-8,10-13,17,20-21H,5-6,9,14-15H2,1H3. The molecule has 0 amide bonds. The van der Waals surface area contributed by atoms with Gasteiger partial charge in [-0.25, -0.2) is 0 Å². The van der Waals surface area contributed by atoms with E-state index >= 15 is 0 Å². The molecule has 1 saturated heterocycles. The van der Waals surface area contributed by atoms with Gasteiger partial charge in [0.2, 0.25) is 0 Å². The highest BCUT2D eigenvalue weighted by Crippen LogP contribution is 2.29. The Hall–Kier alpha value is -1.45. The van der Waals surface area contributed by atoms with Crippen LogP contribution in [0, 0.1) is 0 Å². The van der Waals surface area contributed by atoms with Gasteiger partial charge in [-0.05, 0) is 55.5 Å². The van der Waals surface area contributed by atoms with E-state index in [9.17, 15) is 0 Å². The van der Waals surface area contributed by atoms with Crippen LogP contribution < -0.4 is 10.1 Å². The molecule has 1 N–H and O–H groups in total. The first-order valence-corrected chi connectivity index (χ1v) is 9.66. The lowest BCUT2D eigenvalue weighted by atomic mass is 9.96. The summed E-state index contributed by atoms with van der Waals surface area (Å²) in [6, 6.07) is 19.6. The lowest BCUT2D eigenvalue weighted by Crippen LogP contribution is -2.36. The highest BCUT2D eigenvalue weighted by atomic mass is 32.2. The Kier molecular flexibility index (Phi) is 6.00. The molecule has 0 bridgehead atoms. The second-order valence-corrected chi connectivity index (χ2v) is 6.95. The second-order valence-electron chi connectivity index (χ2n) is 6.08. The molecule has 0 aromatic heterocycles. The van der Waals surface area contributed by atoms with E-state index in [1.165, 1.54) is 29.7 Å². The minimum absolute atomic E-state index is 0.104. The predicted octanol–water partition coefficient (Wildman–Crippen LogP) is 5.06. The number of rotatable bonds is 6. The largest absolute Gasteiger partial charge is 0.486 e. The fourth-order valence-corrected chi connectivity index (χ4v) is 3.53. The maximum Gasteiger partial charge on any atom is 0.125 e. The minimum atomic E-state index is 0.104. The normalized spacial score (nSPS) is 19.3. The number of piperidine rings is 1. The molecular formula is C20H25NOS. The molecule has 2 nitrogen and oxygen atoms in total. The first-order chi connectivity index (χ1) is 11.3. The van der Waals surface area contributed by atoms with Crippen LogP contribution in [-0.2, 0) is 0 Å². The molecule has 0 spiro atoms. The van der Waals surface area contributed by atoms with Crippen molar-refractivity contribution in [2.24, 2.45) is 0 Å². The van der Waals surface area contributed by atoms with Crippen LogP contribution in [0.25, 0.3) is 0 Å². The minimum Gasteiger partial charge on any atom is -0.486 e. The monoisotopic (exact) mass is 327 g/mol. The summed E-state index contributed by atoms with van der Waals surface area (Å²) in [5.74, 6) is 0.951. The van der Waals surface area contributed by atoms with Crippen LogP contribution in [0.3, 0.4) is 0 Å². The van der Waals surface area contributed by atoms with Gasteiger partial charge in [0.05, 0.1) is 0 Å². The summed E-state index contributed by atoms with van der Waals surface area (Å²) >= 11 is 1.76. The van der Waals surface area contributed by atoms with E-state index in [2.05, 4.69) is 66.2 Å². The van der Waals surface area contributed by atoms with Crippen LogP contribution in [0.5, 0.6) is 5.75 Å². The number of hydrogen-bond donors (Lipinski definition) is 1. The highest BCUT2D eigenvalue weighted by molar-refractivity contribution is 7.98. The molecule has 2 atom stereocenters. The van der Waals surface area contributed by atoms with E-state index in [1.807, 2.05) is 0 Å². The van der Waals surface area contributed by atoms with Crippen LogP contribution in [0.4, 0.5) is 0 Å². The third-order valence-electron chi connectivity index (χ3n) is 4.42. The van der Waals surface area contributed by atoms with Gasteiger partial charge in [0.15, 0.2) is 0 Å². The SMILES string of the molecule is CSc1ccc(OC(CC2CCCCN2)c2ccccc2)cc1. The van der Waals surface area contributed by atoms with Gasteiger partial charge in [0, 0.05) is 17.4 Å². The average molecular weight is 327 g/mol. The third-order valence-corrected chi connectivity index (χ3v) is 5.16. The summed E-state index contributed by atoms with van der Waals surface area (Å²) in [5.41, 5.74) is 1.26. The van der Waals surface area contributed by atoms with Crippen molar-refractivity contribution < 1.29 is 4.74 Å². The number of thioether (sulfide) groups is 1. The first-order valence-electron chi connectivity index (χ1n) is 8.44. The van der Waals surface area contributed by atoms with E-state index in [0.717, 1.165) is 18.7 Å². The zero-order valence-electron chi connectivity index (χ0n) is 13.7. The van der Waals surface area contributed by atoms with Crippen molar-refractivity contribution in [3.8, 4) is 5.75 Å². The van der Waals surface area contributed by atoms with Crippen LogP contribution in [-0.4, -0.2) is 18.8 Å². The first kappa shape index (κ1) is 16.4. The second kappa shape index (κ2) is 8.42. The molecule has 2 unspecified atom stereocenters. The van der Waals surface area contributed by atoms with Crippen molar-refractivity contribution in [2.45, 2.75) is 42.7 Å². The van der Waals surface area contributed by atoms with Crippen LogP contribution in [0.15, 0.2) is 59.5 Å². The quantitative estimate of drug-likeness (QED) is 0.749. The third kappa shape index (κ3) is 4.76. The molecule has 3 rings (SSSR count). The van der Waals surface area contributed by atoms with Gasteiger partial charge in [0.25, 0.3) is 0 Å². The molecule has 0 aliphatic carbocycles. The highest BCUT2D eigenvalue weighted by Gasteiger charge is 2.21. The topological polar surface area (TPSA) is 21.3 Å². The summed E-state index contributed by atoms with van der Waals surface area (Å²) in [7, 11) is 0. The van der Waals surface area contributed by atoms with E-state index in [1.54, 1.807) is 11.8 Å². The Bertz CT molecular complexity index is 578. The maximum atomic E-state index is 6.35. The van der Waals surface area contributed by atoms with E-state index in [-0.39, 0.29) is 6.10 Å². The fraction of sp³-hybridized carbons (Fsp3) is 0.400. The van der Waals surface area contributed by atoms with E-state index < -0.39 is 0 Å². The maximum absolute atomic E-state index is 6.35. The zero-order chi connectivity index (χ0) is 15.9. The number of nitrogens with one attached hydrogen (secondary N) is 1. The molecule has 23 heavy (non-hydrogen) atoms. The Labute approximate surface area is 143 Å². The molecule has 1 heterocycles. The van der Waals surface area contributed by atoms with Crippen molar-refractivity contribution in [1.82, 2.24) is 5.32 Å². The Balaban J connectivity index is 1.73. The molecule has 1 aliphatic heterocycles. The molecular weight excluding hydrogens is 302 g/mol. The average Bonchev–Trinajstić information content (AvgIpc) is 2.63. The molecule has 2 aromatic carbocycles. The van der Waals surface area contributed by atoms with E-state index in [0.29, 0.717) is 6.04 Å². The van der Waals surface area contributed by atoms with Gasteiger partial charge < -0.3 is 10.1 Å². The van der Waals surface area contributed by atoms with Crippen molar-refractivity contribution in [1.29, 1.82) is 0 Å². The molecule has 1 fully saturated rings. The Morgan fingerprint density at radius 3 is 2.52 bits per heavy atom. The van der Waals surface area contributed by atoms with Crippen LogP contribution in [0.1, 0.15) is 37.4 Å².